The Balaban J connectivity index is 1.62. The summed E-state index contributed by atoms with van der Waals surface area (Å²) in [5.74, 6) is 0.305. The Morgan fingerprint density at radius 1 is 1.33 bits per heavy atom. The third-order valence-electron chi connectivity index (χ3n) is 4.64. The maximum Gasteiger partial charge on any atom is 0.175 e. The second-order valence-electron chi connectivity index (χ2n) is 6.74. The van der Waals surface area contributed by atoms with Crippen molar-refractivity contribution in [1.29, 1.82) is 0 Å². The van der Waals surface area contributed by atoms with Gasteiger partial charge in [-0.3, -0.25) is 0 Å². The molecule has 3 atom stereocenters. The van der Waals surface area contributed by atoms with Crippen molar-refractivity contribution in [3.05, 3.63) is 29.8 Å². The molecule has 0 bridgehead atoms. The first-order valence-corrected chi connectivity index (χ1v) is 10.3. The highest BCUT2D eigenvalue weighted by molar-refractivity contribution is 7.90. The SMILES string of the molecule is CN1CC(c2ccc(S(C)(=O)=O)cc2)CC(OCC2CCCO2)N1. The minimum Gasteiger partial charge on any atom is -0.376 e. The molecule has 1 N–H and O–H groups in total. The fourth-order valence-corrected chi connectivity index (χ4v) is 3.98. The number of sulfone groups is 1. The van der Waals surface area contributed by atoms with E-state index in [1.54, 1.807) is 12.1 Å². The summed E-state index contributed by atoms with van der Waals surface area (Å²) in [6, 6.07) is 7.21. The first-order chi connectivity index (χ1) is 11.4. The van der Waals surface area contributed by atoms with Gasteiger partial charge in [-0.05, 0) is 37.0 Å². The molecule has 134 valence electrons. The fraction of sp³-hybridized carbons (Fsp3) is 0.647. The zero-order chi connectivity index (χ0) is 17.2. The molecule has 2 heterocycles. The van der Waals surface area contributed by atoms with Gasteiger partial charge in [0.1, 0.15) is 6.23 Å². The van der Waals surface area contributed by atoms with Crippen LogP contribution in [0.15, 0.2) is 29.2 Å². The van der Waals surface area contributed by atoms with Crippen LogP contribution in [-0.2, 0) is 19.3 Å². The van der Waals surface area contributed by atoms with Crippen molar-refractivity contribution < 1.29 is 17.9 Å². The summed E-state index contributed by atoms with van der Waals surface area (Å²) in [5.41, 5.74) is 4.48. The van der Waals surface area contributed by atoms with Crippen molar-refractivity contribution in [3.8, 4) is 0 Å². The molecule has 2 fully saturated rings. The molecule has 2 aliphatic rings. The number of ether oxygens (including phenoxy) is 2. The van der Waals surface area contributed by atoms with Gasteiger partial charge in [-0.15, -0.1) is 0 Å². The molecule has 3 unspecified atom stereocenters. The number of rotatable bonds is 5. The number of nitrogens with zero attached hydrogens (tertiary/aromatic N) is 1. The van der Waals surface area contributed by atoms with Crippen molar-refractivity contribution in [2.45, 2.75) is 42.4 Å². The standard InChI is InChI=1S/C17H26N2O4S/c1-19-11-14(13-5-7-16(8-6-13)24(2,20)21)10-17(18-19)23-12-15-4-3-9-22-15/h5-8,14-15,17-18H,3-4,9-12H2,1-2H3. The van der Waals surface area contributed by atoms with E-state index in [9.17, 15) is 8.42 Å². The van der Waals surface area contributed by atoms with E-state index in [0.717, 1.165) is 38.0 Å². The van der Waals surface area contributed by atoms with Gasteiger partial charge in [-0.2, -0.15) is 0 Å². The molecule has 3 rings (SSSR count). The van der Waals surface area contributed by atoms with E-state index in [-0.39, 0.29) is 12.3 Å². The fourth-order valence-electron chi connectivity index (χ4n) is 3.35. The van der Waals surface area contributed by atoms with Crippen molar-refractivity contribution >= 4 is 9.84 Å². The van der Waals surface area contributed by atoms with Crippen molar-refractivity contribution in [2.24, 2.45) is 0 Å². The van der Waals surface area contributed by atoms with Crippen LogP contribution >= 0.6 is 0 Å². The molecule has 0 amide bonds. The normalized spacial score (nSPS) is 29.0. The van der Waals surface area contributed by atoms with Crippen LogP contribution in [0.1, 0.15) is 30.7 Å². The van der Waals surface area contributed by atoms with Gasteiger partial charge in [0.25, 0.3) is 0 Å². The quantitative estimate of drug-likeness (QED) is 0.865. The van der Waals surface area contributed by atoms with Gasteiger partial charge in [0, 0.05) is 32.4 Å². The molecular weight excluding hydrogens is 328 g/mol. The molecule has 2 saturated heterocycles. The van der Waals surface area contributed by atoms with Gasteiger partial charge in [0.05, 0.1) is 17.6 Å². The summed E-state index contributed by atoms with van der Waals surface area (Å²) in [6.07, 6.45) is 4.43. The molecule has 2 aliphatic heterocycles. The number of nitrogens with one attached hydrogen (secondary N) is 1. The van der Waals surface area contributed by atoms with E-state index >= 15 is 0 Å². The van der Waals surface area contributed by atoms with Gasteiger partial charge < -0.3 is 9.47 Å². The largest absolute Gasteiger partial charge is 0.376 e. The summed E-state index contributed by atoms with van der Waals surface area (Å²) >= 11 is 0. The highest BCUT2D eigenvalue weighted by atomic mass is 32.2. The van der Waals surface area contributed by atoms with Gasteiger partial charge in [-0.1, -0.05) is 12.1 Å². The lowest BCUT2D eigenvalue weighted by molar-refractivity contribution is -0.0826. The summed E-state index contributed by atoms with van der Waals surface area (Å²) in [5, 5.41) is 2.04. The Morgan fingerprint density at radius 2 is 2.08 bits per heavy atom. The van der Waals surface area contributed by atoms with E-state index < -0.39 is 9.84 Å². The van der Waals surface area contributed by atoms with Crippen LogP contribution in [0.2, 0.25) is 0 Å². The molecule has 0 radical (unpaired) electrons. The van der Waals surface area contributed by atoms with E-state index in [2.05, 4.69) is 5.43 Å². The van der Waals surface area contributed by atoms with Gasteiger partial charge in [0.2, 0.25) is 0 Å². The van der Waals surface area contributed by atoms with E-state index in [4.69, 9.17) is 9.47 Å². The molecule has 0 aromatic heterocycles. The molecule has 0 spiro atoms. The van der Waals surface area contributed by atoms with Crippen molar-refractivity contribution in [2.75, 3.05) is 33.1 Å². The molecule has 6 nitrogen and oxygen atoms in total. The molecule has 0 saturated carbocycles. The van der Waals surface area contributed by atoms with Gasteiger partial charge >= 0.3 is 0 Å². The van der Waals surface area contributed by atoms with Gasteiger partial charge in [0.15, 0.2) is 9.84 Å². The van der Waals surface area contributed by atoms with Crippen LogP contribution in [0, 0.1) is 0 Å². The van der Waals surface area contributed by atoms with Crippen LogP contribution in [0.25, 0.3) is 0 Å². The smallest absolute Gasteiger partial charge is 0.175 e. The maximum absolute atomic E-state index is 11.6. The first kappa shape index (κ1) is 17.8. The Bertz CT molecular complexity index is 641. The second-order valence-corrected chi connectivity index (χ2v) is 8.76. The third-order valence-corrected chi connectivity index (χ3v) is 5.77. The predicted octanol–water partition coefficient (Wildman–Crippen LogP) is 1.54. The molecule has 7 heteroatoms. The highest BCUT2D eigenvalue weighted by Gasteiger charge is 2.28. The summed E-state index contributed by atoms with van der Waals surface area (Å²) in [4.78, 5) is 0.361. The minimum absolute atomic E-state index is 0.0486. The molecule has 1 aromatic rings. The van der Waals surface area contributed by atoms with Crippen molar-refractivity contribution in [3.63, 3.8) is 0 Å². The lowest BCUT2D eigenvalue weighted by Crippen LogP contribution is -2.51. The Kier molecular flexibility index (Phi) is 5.56. The van der Waals surface area contributed by atoms with E-state index in [1.165, 1.54) is 6.26 Å². The molecule has 0 aliphatic carbocycles. The number of hydrogen-bond acceptors (Lipinski definition) is 6. The maximum atomic E-state index is 11.6. The zero-order valence-corrected chi connectivity index (χ0v) is 15.1. The number of benzene rings is 1. The zero-order valence-electron chi connectivity index (χ0n) is 14.3. The summed E-state index contributed by atoms with van der Waals surface area (Å²) < 4.78 is 34.8. The lowest BCUT2D eigenvalue weighted by Gasteiger charge is -2.37. The second kappa shape index (κ2) is 7.49. The van der Waals surface area contributed by atoms with E-state index in [0.29, 0.717) is 17.4 Å². The topological polar surface area (TPSA) is 67.9 Å². The summed E-state index contributed by atoms with van der Waals surface area (Å²) in [7, 11) is -1.15. The molecule has 24 heavy (non-hydrogen) atoms. The minimum atomic E-state index is -3.15. The van der Waals surface area contributed by atoms with Crippen LogP contribution in [-0.4, -0.2) is 58.8 Å². The molecule has 1 aromatic carbocycles. The van der Waals surface area contributed by atoms with Crippen LogP contribution in [0.3, 0.4) is 0 Å². The van der Waals surface area contributed by atoms with Gasteiger partial charge in [-0.25, -0.2) is 18.9 Å². The van der Waals surface area contributed by atoms with E-state index in [1.807, 2.05) is 24.2 Å². The predicted molar refractivity (Wildman–Crippen MR) is 91.4 cm³/mol. The average Bonchev–Trinajstić information content (AvgIpc) is 3.05. The van der Waals surface area contributed by atoms with Crippen LogP contribution in [0.5, 0.6) is 0 Å². The third kappa shape index (κ3) is 4.55. The molecular formula is C17H26N2O4S. The highest BCUT2D eigenvalue weighted by Crippen LogP contribution is 2.27. The number of likely N-dealkylation sites (N-methyl/N-ethyl adjacent to an activating group) is 1. The monoisotopic (exact) mass is 354 g/mol. The number of hydrazine groups is 1. The Morgan fingerprint density at radius 3 is 2.71 bits per heavy atom. The van der Waals surface area contributed by atoms with Crippen molar-refractivity contribution in [1.82, 2.24) is 10.4 Å². The average molecular weight is 354 g/mol. The Hall–Kier alpha value is -0.990. The van der Waals surface area contributed by atoms with Crippen LogP contribution in [0.4, 0.5) is 0 Å². The van der Waals surface area contributed by atoms with Crippen LogP contribution < -0.4 is 5.43 Å². The Labute approximate surface area is 144 Å². The lowest BCUT2D eigenvalue weighted by atomic mass is 9.93. The first-order valence-electron chi connectivity index (χ1n) is 8.42. The summed E-state index contributed by atoms with van der Waals surface area (Å²) in [6.45, 7) is 2.31. The number of hydrogen-bond donors (Lipinski definition) is 1.